The molecule has 0 saturated heterocycles. The van der Waals surface area contributed by atoms with Gasteiger partial charge in [-0.2, -0.15) is 0 Å². The van der Waals surface area contributed by atoms with Gasteiger partial charge in [0.15, 0.2) is 0 Å². The molecule has 0 aliphatic carbocycles. The quantitative estimate of drug-likeness (QED) is 0.747. The van der Waals surface area contributed by atoms with Crippen LogP contribution < -0.4 is 4.74 Å². The molecule has 1 aromatic rings. The Kier molecular flexibility index (Phi) is 7.04. The second-order valence-corrected chi connectivity index (χ2v) is 4.83. The van der Waals surface area contributed by atoms with Gasteiger partial charge in [0, 0.05) is 20.2 Å². The van der Waals surface area contributed by atoms with Gasteiger partial charge in [-0.25, -0.2) is 0 Å². The van der Waals surface area contributed by atoms with E-state index in [1.807, 2.05) is 26.0 Å². The summed E-state index contributed by atoms with van der Waals surface area (Å²) in [5, 5.41) is 8.85. The highest BCUT2D eigenvalue weighted by molar-refractivity contribution is 5.69. The highest BCUT2D eigenvalue weighted by Crippen LogP contribution is 2.16. The Morgan fingerprint density at radius 1 is 1.15 bits per heavy atom. The Hall–Kier alpha value is -1.59. The van der Waals surface area contributed by atoms with Gasteiger partial charge >= 0.3 is 5.97 Å². The van der Waals surface area contributed by atoms with Crippen molar-refractivity contribution in [3.63, 3.8) is 0 Å². The second-order valence-electron chi connectivity index (χ2n) is 4.83. The monoisotopic (exact) mass is 281 g/mol. The molecule has 0 aromatic heterocycles. The van der Waals surface area contributed by atoms with Crippen molar-refractivity contribution in [3.8, 4) is 5.75 Å². The van der Waals surface area contributed by atoms with Crippen LogP contribution >= 0.6 is 0 Å². The van der Waals surface area contributed by atoms with Crippen LogP contribution in [0.4, 0.5) is 0 Å². The molecule has 0 saturated carbocycles. The first-order valence-corrected chi connectivity index (χ1v) is 6.65. The zero-order valence-electron chi connectivity index (χ0n) is 12.4. The third-order valence-corrected chi connectivity index (χ3v) is 2.84. The maximum atomic E-state index is 10.8. The first-order chi connectivity index (χ1) is 9.51. The van der Waals surface area contributed by atoms with E-state index in [0.29, 0.717) is 26.3 Å². The lowest BCUT2D eigenvalue weighted by atomic mass is 10.1. The van der Waals surface area contributed by atoms with Crippen LogP contribution in [0, 0.1) is 13.8 Å². The van der Waals surface area contributed by atoms with Crippen molar-refractivity contribution in [2.45, 2.75) is 13.8 Å². The average Bonchev–Trinajstić information content (AvgIpc) is 2.34. The van der Waals surface area contributed by atoms with Gasteiger partial charge in [0.25, 0.3) is 0 Å². The van der Waals surface area contributed by atoms with E-state index in [-0.39, 0.29) is 6.54 Å². The van der Waals surface area contributed by atoms with E-state index in [0.717, 1.165) is 16.9 Å². The Bertz CT molecular complexity index is 414. The lowest BCUT2D eigenvalue weighted by molar-refractivity contribution is -0.138. The number of benzene rings is 1. The van der Waals surface area contributed by atoms with Gasteiger partial charge in [0.1, 0.15) is 12.4 Å². The molecule has 0 spiro atoms. The fourth-order valence-electron chi connectivity index (χ4n) is 1.99. The van der Waals surface area contributed by atoms with Gasteiger partial charge in [-0.3, -0.25) is 9.69 Å². The molecule has 0 aliphatic heterocycles. The molecule has 0 fully saturated rings. The molecule has 112 valence electrons. The van der Waals surface area contributed by atoms with Crippen molar-refractivity contribution in [2.24, 2.45) is 0 Å². The minimum Gasteiger partial charge on any atom is -0.492 e. The van der Waals surface area contributed by atoms with Gasteiger partial charge < -0.3 is 14.6 Å². The Morgan fingerprint density at radius 3 is 2.30 bits per heavy atom. The topological polar surface area (TPSA) is 59.0 Å². The van der Waals surface area contributed by atoms with Crippen molar-refractivity contribution in [1.82, 2.24) is 4.90 Å². The minimum absolute atomic E-state index is 0.000431. The molecule has 0 amide bonds. The third-order valence-electron chi connectivity index (χ3n) is 2.84. The summed E-state index contributed by atoms with van der Waals surface area (Å²) >= 11 is 0. The summed E-state index contributed by atoms with van der Waals surface area (Å²) in [7, 11) is 1.60. The predicted molar refractivity (Wildman–Crippen MR) is 77.4 cm³/mol. The number of rotatable bonds is 9. The molecule has 0 aliphatic rings. The number of carboxylic acid groups (broad SMARTS) is 1. The van der Waals surface area contributed by atoms with Crippen LogP contribution in [-0.2, 0) is 9.53 Å². The SMILES string of the molecule is COCCN(CCOc1cc(C)cc(C)c1)CC(=O)O. The Balaban J connectivity index is 2.44. The number of aliphatic carboxylic acids is 1. The van der Waals surface area contributed by atoms with Crippen molar-refractivity contribution >= 4 is 5.97 Å². The van der Waals surface area contributed by atoms with E-state index >= 15 is 0 Å². The first kappa shape index (κ1) is 16.5. The third kappa shape index (κ3) is 6.54. The van der Waals surface area contributed by atoms with Crippen LogP contribution in [0.2, 0.25) is 0 Å². The molecular formula is C15H23NO4. The minimum atomic E-state index is -0.840. The largest absolute Gasteiger partial charge is 0.492 e. The van der Waals surface area contributed by atoms with Crippen molar-refractivity contribution in [2.75, 3.05) is 40.0 Å². The molecule has 5 nitrogen and oxygen atoms in total. The number of hydrogen-bond donors (Lipinski definition) is 1. The number of carbonyl (C=O) groups is 1. The zero-order chi connectivity index (χ0) is 15.0. The van der Waals surface area contributed by atoms with Crippen LogP contribution in [0.25, 0.3) is 0 Å². The summed E-state index contributed by atoms with van der Waals surface area (Å²) in [4.78, 5) is 12.6. The number of carboxylic acids is 1. The summed E-state index contributed by atoms with van der Waals surface area (Å²) in [6.45, 7) is 6.16. The number of ether oxygens (including phenoxy) is 2. The molecule has 5 heteroatoms. The van der Waals surface area contributed by atoms with Gasteiger partial charge in [-0.15, -0.1) is 0 Å². The van der Waals surface area contributed by atoms with E-state index in [4.69, 9.17) is 14.6 Å². The molecule has 1 aromatic carbocycles. The Morgan fingerprint density at radius 2 is 1.75 bits per heavy atom. The second kappa shape index (κ2) is 8.55. The van der Waals surface area contributed by atoms with Crippen LogP contribution in [0.5, 0.6) is 5.75 Å². The van der Waals surface area contributed by atoms with E-state index in [2.05, 4.69) is 6.07 Å². The molecular weight excluding hydrogens is 258 g/mol. The summed E-state index contributed by atoms with van der Waals surface area (Å²) in [6, 6.07) is 6.04. The standard InChI is InChI=1S/C15H23NO4/c1-12-8-13(2)10-14(9-12)20-7-5-16(4-6-19-3)11-15(17)18/h8-10H,4-7,11H2,1-3H3,(H,17,18). The summed E-state index contributed by atoms with van der Waals surface area (Å²) in [6.07, 6.45) is 0. The molecule has 0 heterocycles. The molecule has 0 bridgehead atoms. The number of aryl methyl sites for hydroxylation is 2. The molecule has 0 unspecified atom stereocenters. The Labute approximate surface area is 120 Å². The number of hydrogen-bond acceptors (Lipinski definition) is 4. The highest BCUT2D eigenvalue weighted by atomic mass is 16.5. The van der Waals surface area contributed by atoms with Crippen molar-refractivity contribution in [3.05, 3.63) is 29.3 Å². The van der Waals surface area contributed by atoms with E-state index in [1.165, 1.54) is 0 Å². The first-order valence-electron chi connectivity index (χ1n) is 6.65. The van der Waals surface area contributed by atoms with E-state index < -0.39 is 5.97 Å². The number of nitrogens with zero attached hydrogens (tertiary/aromatic N) is 1. The fraction of sp³-hybridized carbons (Fsp3) is 0.533. The lowest BCUT2D eigenvalue weighted by Crippen LogP contribution is -2.35. The lowest BCUT2D eigenvalue weighted by Gasteiger charge is -2.20. The molecule has 0 atom stereocenters. The van der Waals surface area contributed by atoms with Gasteiger partial charge in [0.2, 0.25) is 0 Å². The van der Waals surface area contributed by atoms with E-state index in [1.54, 1.807) is 12.0 Å². The van der Waals surface area contributed by atoms with Crippen LogP contribution in [-0.4, -0.2) is 55.9 Å². The summed E-state index contributed by atoms with van der Waals surface area (Å²) < 4.78 is 10.7. The predicted octanol–water partition coefficient (Wildman–Crippen LogP) is 1.72. The van der Waals surface area contributed by atoms with Gasteiger partial charge in [-0.1, -0.05) is 6.07 Å². The molecule has 1 N–H and O–H groups in total. The molecule has 0 radical (unpaired) electrons. The molecule has 1 rings (SSSR count). The van der Waals surface area contributed by atoms with Crippen LogP contribution in [0.1, 0.15) is 11.1 Å². The number of methoxy groups -OCH3 is 1. The van der Waals surface area contributed by atoms with E-state index in [9.17, 15) is 4.79 Å². The van der Waals surface area contributed by atoms with Gasteiger partial charge in [0.05, 0.1) is 13.2 Å². The van der Waals surface area contributed by atoms with Gasteiger partial charge in [-0.05, 0) is 37.1 Å². The van der Waals surface area contributed by atoms with Crippen molar-refractivity contribution in [1.29, 1.82) is 0 Å². The normalized spacial score (nSPS) is 10.8. The molecule has 20 heavy (non-hydrogen) atoms. The fourth-order valence-corrected chi connectivity index (χ4v) is 1.99. The summed E-state index contributed by atoms with van der Waals surface area (Å²) in [5.41, 5.74) is 2.31. The average molecular weight is 281 g/mol. The maximum absolute atomic E-state index is 10.8. The summed E-state index contributed by atoms with van der Waals surface area (Å²) in [5.74, 6) is -0.0166. The zero-order valence-corrected chi connectivity index (χ0v) is 12.4. The maximum Gasteiger partial charge on any atom is 0.317 e. The van der Waals surface area contributed by atoms with Crippen molar-refractivity contribution < 1.29 is 19.4 Å². The van der Waals surface area contributed by atoms with Crippen LogP contribution in [0.15, 0.2) is 18.2 Å². The van der Waals surface area contributed by atoms with Crippen LogP contribution in [0.3, 0.4) is 0 Å². The highest BCUT2D eigenvalue weighted by Gasteiger charge is 2.09. The smallest absolute Gasteiger partial charge is 0.317 e.